The van der Waals surface area contributed by atoms with Crippen LogP contribution in [0.3, 0.4) is 0 Å². The fourth-order valence-electron chi connectivity index (χ4n) is 1.87. The summed E-state index contributed by atoms with van der Waals surface area (Å²) in [4.78, 5) is 0. The zero-order chi connectivity index (χ0) is 13.0. The van der Waals surface area contributed by atoms with Crippen LogP contribution in [0.2, 0.25) is 0 Å². The molecule has 0 unspecified atom stereocenters. The summed E-state index contributed by atoms with van der Waals surface area (Å²) in [5.74, 6) is 1.38. The van der Waals surface area contributed by atoms with Gasteiger partial charge in [0.25, 0.3) is 0 Å². The SMILES string of the molecule is CCOc1cc(OCC)c2c(CCO)noc2c1. The third-order valence-electron chi connectivity index (χ3n) is 2.54. The Morgan fingerprint density at radius 2 is 2.00 bits per heavy atom. The molecule has 0 bridgehead atoms. The quantitative estimate of drug-likeness (QED) is 0.852. The Kier molecular flexibility index (Phi) is 4.04. The Hall–Kier alpha value is -1.75. The monoisotopic (exact) mass is 251 g/mol. The van der Waals surface area contributed by atoms with Gasteiger partial charge >= 0.3 is 0 Å². The van der Waals surface area contributed by atoms with E-state index < -0.39 is 0 Å². The minimum Gasteiger partial charge on any atom is -0.494 e. The van der Waals surface area contributed by atoms with Gasteiger partial charge < -0.3 is 19.1 Å². The standard InChI is InChI=1S/C13H17NO4/c1-3-16-9-7-11(17-4-2)13-10(5-6-15)14-18-12(13)8-9/h7-8,15H,3-6H2,1-2H3. The van der Waals surface area contributed by atoms with Crippen molar-refractivity contribution >= 4 is 11.0 Å². The largest absolute Gasteiger partial charge is 0.494 e. The molecule has 1 aromatic carbocycles. The van der Waals surface area contributed by atoms with E-state index in [9.17, 15) is 0 Å². The highest BCUT2D eigenvalue weighted by molar-refractivity contribution is 5.87. The summed E-state index contributed by atoms with van der Waals surface area (Å²) < 4.78 is 16.3. The van der Waals surface area contributed by atoms with Crippen LogP contribution in [0.1, 0.15) is 19.5 Å². The van der Waals surface area contributed by atoms with Gasteiger partial charge in [-0.15, -0.1) is 0 Å². The maximum atomic E-state index is 9.01. The number of aromatic nitrogens is 1. The molecule has 0 saturated carbocycles. The number of nitrogens with zero attached hydrogens (tertiary/aromatic N) is 1. The molecular weight excluding hydrogens is 234 g/mol. The highest BCUT2D eigenvalue weighted by atomic mass is 16.5. The summed E-state index contributed by atoms with van der Waals surface area (Å²) in [5.41, 5.74) is 1.33. The third-order valence-corrected chi connectivity index (χ3v) is 2.54. The smallest absolute Gasteiger partial charge is 0.174 e. The first-order chi connectivity index (χ1) is 8.80. The lowest BCUT2D eigenvalue weighted by atomic mass is 10.1. The van der Waals surface area contributed by atoms with Crippen LogP contribution in [0.25, 0.3) is 11.0 Å². The van der Waals surface area contributed by atoms with Crippen molar-refractivity contribution in [2.24, 2.45) is 0 Å². The first kappa shape index (κ1) is 12.7. The number of fused-ring (bicyclic) bond motifs is 1. The molecule has 0 amide bonds. The number of hydrogen-bond donors (Lipinski definition) is 1. The lowest BCUT2D eigenvalue weighted by Gasteiger charge is -2.08. The third kappa shape index (κ3) is 2.41. The highest BCUT2D eigenvalue weighted by Crippen LogP contribution is 2.34. The van der Waals surface area contributed by atoms with Gasteiger partial charge in [-0.1, -0.05) is 5.16 Å². The van der Waals surface area contributed by atoms with Gasteiger partial charge in [-0.3, -0.25) is 0 Å². The van der Waals surface area contributed by atoms with Crippen molar-refractivity contribution in [1.29, 1.82) is 0 Å². The molecule has 0 atom stereocenters. The molecule has 5 nitrogen and oxygen atoms in total. The van der Waals surface area contributed by atoms with Gasteiger partial charge in [-0.05, 0) is 13.8 Å². The molecule has 0 aliphatic heterocycles. The first-order valence-electron chi connectivity index (χ1n) is 6.08. The Morgan fingerprint density at radius 3 is 2.67 bits per heavy atom. The van der Waals surface area contributed by atoms with Gasteiger partial charge in [-0.25, -0.2) is 0 Å². The molecule has 98 valence electrons. The van der Waals surface area contributed by atoms with Crippen molar-refractivity contribution in [3.63, 3.8) is 0 Å². The second-order valence-corrected chi connectivity index (χ2v) is 3.76. The van der Waals surface area contributed by atoms with E-state index in [4.69, 9.17) is 19.1 Å². The van der Waals surface area contributed by atoms with Crippen molar-refractivity contribution < 1.29 is 19.1 Å². The van der Waals surface area contributed by atoms with Gasteiger partial charge in [-0.2, -0.15) is 0 Å². The van der Waals surface area contributed by atoms with Crippen LogP contribution < -0.4 is 9.47 Å². The first-order valence-corrected chi connectivity index (χ1v) is 6.08. The number of benzene rings is 1. The van der Waals surface area contributed by atoms with E-state index in [0.717, 1.165) is 5.39 Å². The zero-order valence-corrected chi connectivity index (χ0v) is 10.6. The molecule has 1 aromatic heterocycles. The van der Waals surface area contributed by atoms with Gasteiger partial charge in [0.1, 0.15) is 11.5 Å². The Labute approximate surface area is 105 Å². The van der Waals surface area contributed by atoms with Crippen molar-refractivity contribution in [2.75, 3.05) is 19.8 Å². The average molecular weight is 251 g/mol. The van der Waals surface area contributed by atoms with Crippen molar-refractivity contribution in [2.45, 2.75) is 20.3 Å². The molecule has 0 spiro atoms. The lowest BCUT2D eigenvalue weighted by Crippen LogP contribution is -1.97. The van der Waals surface area contributed by atoms with E-state index in [1.165, 1.54) is 0 Å². The fourth-order valence-corrected chi connectivity index (χ4v) is 1.87. The highest BCUT2D eigenvalue weighted by Gasteiger charge is 2.15. The average Bonchev–Trinajstić information content (AvgIpc) is 2.74. The molecule has 0 radical (unpaired) electrons. The van der Waals surface area contributed by atoms with Crippen molar-refractivity contribution in [3.8, 4) is 11.5 Å². The lowest BCUT2D eigenvalue weighted by molar-refractivity contribution is 0.295. The molecule has 0 aliphatic rings. The van der Waals surface area contributed by atoms with Crippen molar-refractivity contribution in [3.05, 3.63) is 17.8 Å². The summed E-state index contributed by atoms with van der Waals surface area (Å²) >= 11 is 0. The Bertz CT molecular complexity index is 521. The van der Waals surface area contributed by atoms with E-state index >= 15 is 0 Å². The topological polar surface area (TPSA) is 64.7 Å². The summed E-state index contributed by atoms with van der Waals surface area (Å²) in [6.07, 6.45) is 0.445. The summed E-state index contributed by atoms with van der Waals surface area (Å²) in [6.45, 7) is 4.99. The van der Waals surface area contributed by atoms with E-state index in [0.29, 0.717) is 42.4 Å². The number of hydrogen-bond acceptors (Lipinski definition) is 5. The number of aliphatic hydroxyl groups is 1. The molecule has 5 heteroatoms. The van der Waals surface area contributed by atoms with Crippen LogP contribution in [-0.2, 0) is 6.42 Å². The van der Waals surface area contributed by atoms with Crippen LogP contribution in [0.4, 0.5) is 0 Å². The molecule has 18 heavy (non-hydrogen) atoms. The minimum atomic E-state index is 0.0282. The molecule has 1 N–H and O–H groups in total. The molecular formula is C13H17NO4. The van der Waals surface area contributed by atoms with Crippen molar-refractivity contribution in [1.82, 2.24) is 5.16 Å². The Balaban J connectivity index is 2.52. The molecule has 2 rings (SSSR count). The molecule has 1 heterocycles. The van der Waals surface area contributed by atoms with E-state index in [2.05, 4.69) is 5.16 Å². The summed E-state index contributed by atoms with van der Waals surface area (Å²) in [7, 11) is 0. The maximum absolute atomic E-state index is 9.01. The maximum Gasteiger partial charge on any atom is 0.174 e. The predicted octanol–water partition coefficient (Wildman–Crippen LogP) is 2.16. The number of aliphatic hydroxyl groups excluding tert-OH is 1. The number of rotatable bonds is 6. The van der Waals surface area contributed by atoms with E-state index in [1.807, 2.05) is 19.9 Å². The van der Waals surface area contributed by atoms with Gasteiger partial charge in [0.2, 0.25) is 0 Å². The van der Waals surface area contributed by atoms with E-state index in [1.54, 1.807) is 6.07 Å². The minimum absolute atomic E-state index is 0.0282. The summed E-state index contributed by atoms with van der Waals surface area (Å²) in [5, 5.41) is 13.8. The second kappa shape index (κ2) is 5.73. The molecule has 2 aromatic rings. The Morgan fingerprint density at radius 1 is 1.22 bits per heavy atom. The van der Waals surface area contributed by atoms with E-state index in [-0.39, 0.29) is 6.61 Å². The number of ether oxygens (including phenoxy) is 2. The van der Waals surface area contributed by atoms with Crippen LogP contribution in [-0.4, -0.2) is 30.1 Å². The van der Waals surface area contributed by atoms with Crippen LogP contribution in [0.15, 0.2) is 16.7 Å². The van der Waals surface area contributed by atoms with Gasteiger partial charge in [0.15, 0.2) is 5.58 Å². The van der Waals surface area contributed by atoms with Crippen LogP contribution in [0.5, 0.6) is 11.5 Å². The fraction of sp³-hybridized carbons (Fsp3) is 0.462. The summed E-state index contributed by atoms with van der Waals surface area (Å²) in [6, 6.07) is 3.61. The zero-order valence-electron chi connectivity index (χ0n) is 10.6. The van der Waals surface area contributed by atoms with Gasteiger partial charge in [0, 0.05) is 25.2 Å². The second-order valence-electron chi connectivity index (χ2n) is 3.76. The molecule has 0 aliphatic carbocycles. The van der Waals surface area contributed by atoms with Gasteiger partial charge in [0.05, 0.1) is 24.3 Å². The predicted molar refractivity (Wildman–Crippen MR) is 67.1 cm³/mol. The van der Waals surface area contributed by atoms with Crippen LogP contribution in [0, 0.1) is 0 Å². The van der Waals surface area contributed by atoms with Crippen LogP contribution >= 0.6 is 0 Å². The molecule has 0 fully saturated rings. The molecule has 0 saturated heterocycles. The normalized spacial score (nSPS) is 10.8.